The zero-order valence-corrected chi connectivity index (χ0v) is 20.3. The largest absolute Gasteiger partial charge is 0.488 e. The van der Waals surface area contributed by atoms with Crippen LogP contribution >= 0.6 is 27.5 Å². The van der Waals surface area contributed by atoms with Crippen molar-refractivity contribution in [2.75, 3.05) is 11.7 Å². The van der Waals surface area contributed by atoms with E-state index in [1.165, 1.54) is 18.2 Å². The summed E-state index contributed by atoms with van der Waals surface area (Å²) in [7, 11) is 0. The van der Waals surface area contributed by atoms with Crippen molar-refractivity contribution >= 4 is 57.1 Å². The number of carbonyl (C=O) groups is 3. The molecule has 3 aromatic carbocycles. The Balaban J connectivity index is 1.44. The molecule has 4 amide bonds. The predicted molar refractivity (Wildman–Crippen MR) is 131 cm³/mol. The summed E-state index contributed by atoms with van der Waals surface area (Å²) in [5.41, 5.74) is 1.39. The summed E-state index contributed by atoms with van der Waals surface area (Å²) >= 11 is 9.32. The van der Waals surface area contributed by atoms with Crippen LogP contribution in [-0.4, -0.2) is 24.6 Å². The van der Waals surface area contributed by atoms with Gasteiger partial charge in [-0.1, -0.05) is 33.6 Å². The zero-order valence-electron chi connectivity index (χ0n) is 17.9. The molecular weight excluding hydrogens is 540 g/mol. The van der Waals surface area contributed by atoms with Gasteiger partial charge >= 0.3 is 6.03 Å². The van der Waals surface area contributed by atoms with Gasteiger partial charge in [-0.2, -0.15) is 0 Å². The monoisotopic (exact) mass is 554 g/mol. The topological polar surface area (TPSA) is 94.2 Å². The Morgan fingerprint density at radius 3 is 2.57 bits per heavy atom. The summed E-state index contributed by atoms with van der Waals surface area (Å²) in [5, 5.41) is 2.65. The van der Waals surface area contributed by atoms with E-state index in [0.717, 1.165) is 10.5 Å². The van der Waals surface area contributed by atoms with Crippen LogP contribution in [0, 0.1) is 0 Å². The minimum Gasteiger partial charge on any atom is -0.488 e. The summed E-state index contributed by atoms with van der Waals surface area (Å²) in [6, 6.07) is 16.0. The molecule has 10 heteroatoms. The van der Waals surface area contributed by atoms with Crippen molar-refractivity contribution in [3.05, 3.63) is 86.9 Å². The number of hydrogen-bond acceptors (Lipinski definition) is 6. The highest BCUT2D eigenvalue weighted by Crippen LogP contribution is 2.33. The van der Waals surface area contributed by atoms with Gasteiger partial charge in [0.15, 0.2) is 11.5 Å². The standard InChI is InChI=1S/C25H16BrClN2O6/c26-16-2-8-20(33-12-14-1-7-21-22(9-14)35-13-34-21)15(10-16)11-19-23(30)28-25(32)29(24(19)31)18-5-3-17(27)4-6-18/h1-11H,12-13H2,(H,28,30,32)/b19-11+. The lowest BCUT2D eigenvalue weighted by atomic mass is 10.1. The fourth-order valence-corrected chi connectivity index (χ4v) is 4.10. The van der Waals surface area contributed by atoms with Crippen molar-refractivity contribution in [2.45, 2.75) is 6.61 Å². The van der Waals surface area contributed by atoms with Crippen molar-refractivity contribution in [2.24, 2.45) is 0 Å². The van der Waals surface area contributed by atoms with Crippen molar-refractivity contribution < 1.29 is 28.6 Å². The van der Waals surface area contributed by atoms with E-state index in [4.69, 9.17) is 25.8 Å². The Morgan fingerprint density at radius 2 is 1.77 bits per heavy atom. The number of nitrogens with zero attached hydrogens (tertiary/aromatic N) is 1. The molecule has 5 rings (SSSR count). The summed E-state index contributed by atoms with van der Waals surface area (Å²) < 4.78 is 17.4. The third-order valence-electron chi connectivity index (χ3n) is 5.29. The van der Waals surface area contributed by atoms with Gasteiger partial charge in [0.2, 0.25) is 6.79 Å². The molecule has 0 atom stereocenters. The van der Waals surface area contributed by atoms with Crippen LogP contribution in [0.4, 0.5) is 10.5 Å². The summed E-state index contributed by atoms with van der Waals surface area (Å²) in [5.74, 6) is 0.189. The van der Waals surface area contributed by atoms with Gasteiger partial charge in [0.05, 0.1) is 5.69 Å². The van der Waals surface area contributed by atoms with E-state index in [9.17, 15) is 14.4 Å². The number of hydrogen-bond donors (Lipinski definition) is 1. The number of nitrogens with one attached hydrogen (secondary N) is 1. The Morgan fingerprint density at radius 1 is 1.00 bits per heavy atom. The summed E-state index contributed by atoms with van der Waals surface area (Å²) in [6.45, 7) is 0.389. The van der Waals surface area contributed by atoms with Gasteiger partial charge in [-0.25, -0.2) is 9.69 Å². The number of ether oxygens (including phenoxy) is 3. The van der Waals surface area contributed by atoms with Crippen molar-refractivity contribution in [1.82, 2.24) is 5.32 Å². The average molecular weight is 556 g/mol. The lowest BCUT2D eigenvalue weighted by Gasteiger charge is -2.26. The molecule has 176 valence electrons. The number of barbiturate groups is 1. The van der Waals surface area contributed by atoms with E-state index >= 15 is 0 Å². The molecule has 1 fully saturated rings. The SMILES string of the molecule is O=C1NC(=O)N(c2ccc(Cl)cc2)C(=O)/C1=C/c1cc(Br)ccc1OCc1ccc2c(c1)OCO2. The quantitative estimate of drug-likeness (QED) is 0.349. The van der Waals surface area contributed by atoms with Gasteiger partial charge in [-0.3, -0.25) is 14.9 Å². The maximum atomic E-state index is 13.2. The lowest BCUT2D eigenvalue weighted by Crippen LogP contribution is -2.54. The predicted octanol–water partition coefficient (Wildman–Crippen LogP) is 5.08. The maximum absolute atomic E-state index is 13.2. The van der Waals surface area contributed by atoms with Crippen LogP contribution in [0.15, 0.2) is 70.7 Å². The van der Waals surface area contributed by atoms with E-state index in [1.807, 2.05) is 12.1 Å². The molecule has 35 heavy (non-hydrogen) atoms. The molecule has 0 unspecified atom stereocenters. The molecule has 3 aromatic rings. The van der Waals surface area contributed by atoms with Crippen LogP contribution < -0.4 is 24.4 Å². The second-order valence-corrected chi connectivity index (χ2v) is 8.94. The van der Waals surface area contributed by atoms with Gasteiger partial charge in [-0.15, -0.1) is 0 Å². The number of carbonyl (C=O) groups excluding carboxylic acids is 3. The van der Waals surface area contributed by atoms with Crippen LogP contribution in [0.2, 0.25) is 5.02 Å². The van der Waals surface area contributed by atoms with Gasteiger partial charge in [0.25, 0.3) is 11.8 Å². The van der Waals surface area contributed by atoms with E-state index in [2.05, 4.69) is 21.2 Å². The first-order valence-electron chi connectivity index (χ1n) is 10.4. The third kappa shape index (κ3) is 4.73. The molecule has 0 aromatic heterocycles. The highest BCUT2D eigenvalue weighted by atomic mass is 79.9. The van der Waals surface area contributed by atoms with Crippen molar-refractivity contribution in [3.63, 3.8) is 0 Å². The smallest absolute Gasteiger partial charge is 0.335 e. The number of rotatable bonds is 5. The maximum Gasteiger partial charge on any atom is 0.335 e. The molecule has 0 saturated carbocycles. The number of anilines is 1. The fraction of sp³-hybridized carbons (Fsp3) is 0.0800. The Kier molecular flexibility index (Phi) is 6.19. The van der Waals surface area contributed by atoms with Gasteiger partial charge in [0, 0.05) is 15.1 Å². The van der Waals surface area contributed by atoms with E-state index in [0.29, 0.717) is 32.3 Å². The Hall–Kier alpha value is -3.82. The highest BCUT2D eigenvalue weighted by molar-refractivity contribution is 9.10. The number of halogens is 2. The van der Waals surface area contributed by atoms with Gasteiger partial charge in [-0.05, 0) is 66.2 Å². The molecule has 0 bridgehead atoms. The minimum absolute atomic E-state index is 0.176. The first-order chi connectivity index (χ1) is 16.9. The van der Waals surface area contributed by atoms with Crippen LogP contribution in [0.3, 0.4) is 0 Å². The lowest BCUT2D eigenvalue weighted by molar-refractivity contribution is -0.122. The molecule has 8 nitrogen and oxygen atoms in total. The average Bonchev–Trinajstić information content (AvgIpc) is 3.30. The molecular formula is C25H16BrClN2O6. The Bertz CT molecular complexity index is 1390. The van der Waals surface area contributed by atoms with Crippen LogP contribution in [0.1, 0.15) is 11.1 Å². The number of urea groups is 1. The van der Waals surface area contributed by atoms with Crippen LogP contribution in [0.5, 0.6) is 17.2 Å². The molecule has 0 radical (unpaired) electrons. The summed E-state index contributed by atoms with van der Waals surface area (Å²) in [4.78, 5) is 39.1. The molecule has 2 heterocycles. The minimum atomic E-state index is -0.840. The number of imide groups is 2. The van der Waals surface area contributed by atoms with E-state index < -0.39 is 17.8 Å². The van der Waals surface area contributed by atoms with E-state index in [1.54, 1.807) is 36.4 Å². The second-order valence-electron chi connectivity index (χ2n) is 7.59. The van der Waals surface area contributed by atoms with Gasteiger partial charge in [0.1, 0.15) is 17.9 Å². The zero-order chi connectivity index (χ0) is 24.5. The molecule has 2 aliphatic rings. The second kappa shape index (κ2) is 9.44. The van der Waals surface area contributed by atoms with Crippen molar-refractivity contribution in [3.8, 4) is 17.2 Å². The fourth-order valence-electron chi connectivity index (χ4n) is 3.59. The first kappa shape index (κ1) is 22.9. The molecule has 2 aliphatic heterocycles. The Labute approximate surface area is 213 Å². The third-order valence-corrected chi connectivity index (χ3v) is 6.03. The van der Waals surface area contributed by atoms with E-state index in [-0.39, 0.29) is 24.7 Å². The van der Waals surface area contributed by atoms with Crippen LogP contribution in [-0.2, 0) is 16.2 Å². The number of fused-ring (bicyclic) bond motifs is 1. The molecule has 0 aliphatic carbocycles. The number of benzene rings is 3. The highest BCUT2D eigenvalue weighted by Gasteiger charge is 2.37. The molecule has 1 N–H and O–H groups in total. The van der Waals surface area contributed by atoms with Gasteiger partial charge < -0.3 is 14.2 Å². The van der Waals surface area contributed by atoms with Crippen LogP contribution in [0.25, 0.3) is 6.08 Å². The normalized spacial score (nSPS) is 16.0. The molecule has 1 saturated heterocycles. The summed E-state index contributed by atoms with van der Waals surface area (Å²) in [6.07, 6.45) is 1.40. The van der Waals surface area contributed by atoms with Crippen molar-refractivity contribution in [1.29, 1.82) is 0 Å². The molecule has 0 spiro atoms. The number of amides is 4. The first-order valence-corrected chi connectivity index (χ1v) is 11.5.